The van der Waals surface area contributed by atoms with E-state index in [0.717, 1.165) is 41.3 Å². The SMILES string of the molecule is Cn1cc(CNCc2ccc(-n3ccnc3)nc2)c(-c2cccnc2)n1. The third-order valence-electron chi connectivity index (χ3n) is 4.06. The Kier molecular flexibility index (Phi) is 4.53. The minimum absolute atomic E-state index is 0.724. The Labute approximate surface area is 151 Å². The fraction of sp³-hybridized carbons (Fsp3) is 0.158. The van der Waals surface area contributed by atoms with Crippen molar-refractivity contribution in [3.05, 3.63) is 78.9 Å². The maximum Gasteiger partial charge on any atom is 0.137 e. The van der Waals surface area contributed by atoms with Gasteiger partial charge in [0.25, 0.3) is 0 Å². The molecular formula is C19H19N7. The van der Waals surface area contributed by atoms with E-state index in [1.54, 1.807) is 18.7 Å². The smallest absolute Gasteiger partial charge is 0.137 e. The summed E-state index contributed by atoms with van der Waals surface area (Å²) in [4.78, 5) is 12.7. The molecule has 0 atom stereocenters. The summed E-state index contributed by atoms with van der Waals surface area (Å²) in [6.07, 6.45) is 12.9. The molecule has 130 valence electrons. The molecule has 0 aliphatic heterocycles. The summed E-state index contributed by atoms with van der Waals surface area (Å²) in [7, 11) is 1.93. The molecule has 0 fully saturated rings. The van der Waals surface area contributed by atoms with E-state index < -0.39 is 0 Å². The van der Waals surface area contributed by atoms with E-state index >= 15 is 0 Å². The van der Waals surface area contributed by atoms with Gasteiger partial charge in [-0.05, 0) is 23.8 Å². The molecule has 26 heavy (non-hydrogen) atoms. The maximum absolute atomic E-state index is 4.56. The highest BCUT2D eigenvalue weighted by Crippen LogP contribution is 2.20. The zero-order chi connectivity index (χ0) is 17.8. The van der Waals surface area contributed by atoms with Crippen LogP contribution in [-0.4, -0.2) is 29.3 Å². The zero-order valence-electron chi connectivity index (χ0n) is 14.4. The molecule has 0 aliphatic carbocycles. The lowest BCUT2D eigenvalue weighted by Gasteiger charge is -2.06. The van der Waals surface area contributed by atoms with Crippen LogP contribution in [0.5, 0.6) is 0 Å². The molecule has 0 amide bonds. The van der Waals surface area contributed by atoms with Crippen LogP contribution >= 0.6 is 0 Å². The summed E-state index contributed by atoms with van der Waals surface area (Å²) in [5.41, 5.74) is 4.25. The van der Waals surface area contributed by atoms with Crippen molar-refractivity contribution in [2.75, 3.05) is 0 Å². The van der Waals surface area contributed by atoms with Gasteiger partial charge in [-0.3, -0.25) is 14.2 Å². The van der Waals surface area contributed by atoms with Crippen LogP contribution in [0.25, 0.3) is 17.1 Å². The second kappa shape index (κ2) is 7.28. The van der Waals surface area contributed by atoms with Crippen LogP contribution in [0.1, 0.15) is 11.1 Å². The van der Waals surface area contributed by atoms with Gasteiger partial charge in [0.2, 0.25) is 0 Å². The van der Waals surface area contributed by atoms with Crippen molar-refractivity contribution in [1.82, 2.24) is 34.6 Å². The van der Waals surface area contributed by atoms with Crippen LogP contribution in [0, 0.1) is 0 Å². The van der Waals surface area contributed by atoms with Gasteiger partial charge in [-0.1, -0.05) is 6.07 Å². The third kappa shape index (κ3) is 3.52. The van der Waals surface area contributed by atoms with Crippen LogP contribution in [0.2, 0.25) is 0 Å². The molecule has 0 aromatic carbocycles. The van der Waals surface area contributed by atoms with Gasteiger partial charge in [0, 0.05) is 68.4 Å². The van der Waals surface area contributed by atoms with Gasteiger partial charge in [-0.2, -0.15) is 5.10 Å². The van der Waals surface area contributed by atoms with E-state index in [1.807, 2.05) is 59.3 Å². The average molecular weight is 345 g/mol. The van der Waals surface area contributed by atoms with E-state index in [4.69, 9.17) is 0 Å². The van der Waals surface area contributed by atoms with Gasteiger partial charge in [-0.15, -0.1) is 0 Å². The monoisotopic (exact) mass is 345 g/mol. The molecule has 1 N–H and O–H groups in total. The highest BCUT2D eigenvalue weighted by atomic mass is 15.3. The number of imidazole rings is 1. The highest BCUT2D eigenvalue weighted by Gasteiger charge is 2.10. The number of pyridine rings is 2. The van der Waals surface area contributed by atoms with Crippen LogP contribution in [0.4, 0.5) is 0 Å². The predicted octanol–water partition coefficient (Wildman–Crippen LogP) is 2.35. The van der Waals surface area contributed by atoms with Gasteiger partial charge in [0.05, 0.1) is 5.69 Å². The fourth-order valence-electron chi connectivity index (χ4n) is 2.82. The topological polar surface area (TPSA) is 73.5 Å². The largest absolute Gasteiger partial charge is 0.308 e. The molecule has 7 nitrogen and oxygen atoms in total. The van der Waals surface area contributed by atoms with Crippen LogP contribution in [-0.2, 0) is 20.1 Å². The first-order chi connectivity index (χ1) is 12.8. The summed E-state index contributed by atoms with van der Waals surface area (Å²) < 4.78 is 3.72. The first kappa shape index (κ1) is 16.2. The van der Waals surface area contributed by atoms with Crippen molar-refractivity contribution in [1.29, 1.82) is 0 Å². The molecule has 4 aromatic rings. The fourth-order valence-corrected chi connectivity index (χ4v) is 2.82. The Bertz CT molecular complexity index is 957. The first-order valence-corrected chi connectivity index (χ1v) is 8.36. The summed E-state index contributed by atoms with van der Waals surface area (Å²) in [5.74, 6) is 0.859. The Balaban J connectivity index is 1.41. The Morgan fingerprint density at radius 2 is 2.00 bits per heavy atom. The van der Waals surface area contributed by atoms with Crippen molar-refractivity contribution in [3.63, 3.8) is 0 Å². The summed E-state index contributed by atoms with van der Waals surface area (Å²) in [5, 5.41) is 8.03. The van der Waals surface area contributed by atoms with Gasteiger partial charge >= 0.3 is 0 Å². The number of aromatic nitrogens is 6. The number of rotatable bonds is 6. The van der Waals surface area contributed by atoms with Crippen molar-refractivity contribution >= 4 is 0 Å². The molecule has 0 spiro atoms. The van der Waals surface area contributed by atoms with Crippen LogP contribution < -0.4 is 5.32 Å². The van der Waals surface area contributed by atoms with Gasteiger partial charge in [0.1, 0.15) is 12.1 Å². The first-order valence-electron chi connectivity index (χ1n) is 8.36. The second-order valence-electron chi connectivity index (χ2n) is 6.02. The van der Waals surface area contributed by atoms with E-state index in [9.17, 15) is 0 Å². The Hall–Kier alpha value is -3.32. The third-order valence-corrected chi connectivity index (χ3v) is 4.06. The van der Waals surface area contributed by atoms with Gasteiger partial charge in [-0.25, -0.2) is 9.97 Å². The van der Waals surface area contributed by atoms with Gasteiger partial charge in [0.15, 0.2) is 0 Å². The molecule has 4 aromatic heterocycles. The number of nitrogens with zero attached hydrogens (tertiary/aromatic N) is 6. The minimum Gasteiger partial charge on any atom is -0.308 e. The lowest BCUT2D eigenvalue weighted by molar-refractivity contribution is 0.690. The molecule has 7 heteroatoms. The van der Waals surface area contributed by atoms with Crippen molar-refractivity contribution in [2.24, 2.45) is 7.05 Å². The zero-order valence-corrected chi connectivity index (χ0v) is 14.4. The molecule has 0 radical (unpaired) electrons. The average Bonchev–Trinajstić information content (AvgIpc) is 3.33. The highest BCUT2D eigenvalue weighted by molar-refractivity contribution is 5.61. The lowest BCUT2D eigenvalue weighted by Crippen LogP contribution is -2.13. The Morgan fingerprint density at radius 3 is 2.73 bits per heavy atom. The number of hydrogen-bond acceptors (Lipinski definition) is 5. The molecule has 0 aliphatic rings. The van der Waals surface area contributed by atoms with Crippen molar-refractivity contribution in [2.45, 2.75) is 13.1 Å². The normalized spacial score (nSPS) is 11.0. The Morgan fingerprint density at radius 1 is 1.04 bits per heavy atom. The molecule has 4 rings (SSSR count). The maximum atomic E-state index is 4.56. The standard InChI is InChI=1S/C19H19N7/c1-25-13-17(19(24-25)16-3-2-6-20-11-16)12-22-9-15-4-5-18(23-10-15)26-8-7-21-14-26/h2-8,10-11,13-14,22H,9,12H2,1H3. The van der Waals surface area contributed by atoms with E-state index in [2.05, 4.69) is 31.4 Å². The predicted molar refractivity (Wildman–Crippen MR) is 98.3 cm³/mol. The molecule has 0 saturated carbocycles. The molecule has 0 bridgehead atoms. The van der Waals surface area contributed by atoms with Crippen molar-refractivity contribution in [3.8, 4) is 17.1 Å². The molecule has 4 heterocycles. The summed E-state index contributed by atoms with van der Waals surface area (Å²) >= 11 is 0. The van der Waals surface area contributed by atoms with Crippen molar-refractivity contribution < 1.29 is 0 Å². The number of aryl methyl sites for hydroxylation is 1. The van der Waals surface area contributed by atoms with E-state index in [0.29, 0.717) is 0 Å². The number of nitrogens with one attached hydrogen (secondary N) is 1. The summed E-state index contributed by atoms with van der Waals surface area (Å²) in [6.45, 7) is 1.46. The van der Waals surface area contributed by atoms with Crippen LogP contribution in [0.3, 0.4) is 0 Å². The summed E-state index contributed by atoms with van der Waals surface area (Å²) in [6, 6.07) is 8.01. The quantitative estimate of drug-likeness (QED) is 0.581. The molecule has 0 saturated heterocycles. The molecule has 0 unspecified atom stereocenters. The van der Waals surface area contributed by atoms with E-state index in [1.165, 1.54) is 0 Å². The van der Waals surface area contributed by atoms with E-state index in [-0.39, 0.29) is 0 Å². The number of hydrogen-bond donors (Lipinski definition) is 1. The van der Waals surface area contributed by atoms with Crippen LogP contribution in [0.15, 0.2) is 67.8 Å². The van der Waals surface area contributed by atoms with Gasteiger partial charge < -0.3 is 5.32 Å². The second-order valence-corrected chi connectivity index (χ2v) is 6.02. The lowest BCUT2D eigenvalue weighted by atomic mass is 10.1. The molecular weight excluding hydrogens is 326 g/mol. The minimum atomic E-state index is 0.724.